The highest BCUT2D eigenvalue weighted by atomic mass is 19.1. The predicted octanol–water partition coefficient (Wildman–Crippen LogP) is 0.0499. The van der Waals surface area contributed by atoms with Crippen LogP contribution >= 0.6 is 0 Å². The molecule has 2 aliphatic heterocycles. The normalized spacial score (nSPS) is 47.1. The van der Waals surface area contributed by atoms with Gasteiger partial charge in [-0.3, -0.25) is 0 Å². The molecule has 2 saturated heterocycles. The largest absolute Gasteiger partial charge is 0.315 e. The van der Waals surface area contributed by atoms with E-state index in [2.05, 4.69) is 10.6 Å². The van der Waals surface area contributed by atoms with Crippen LogP contribution in [0.3, 0.4) is 0 Å². The fourth-order valence-electron chi connectivity index (χ4n) is 1.96. The molecule has 58 valence electrons. The Labute approximate surface area is 60.2 Å². The van der Waals surface area contributed by atoms with Crippen LogP contribution in [0.5, 0.6) is 0 Å². The molecule has 2 heterocycles. The minimum absolute atomic E-state index is 0.181. The lowest BCUT2D eigenvalue weighted by Crippen LogP contribution is -2.47. The average Bonchev–Trinajstić information content (AvgIpc) is 2.48. The molecule has 3 heteroatoms. The molecule has 2 aliphatic rings. The molecular formula is C7H13FN2. The minimum Gasteiger partial charge on any atom is -0.315 e. The summed E-state index contributed by atoms with van der Waals surface area (Å²) >= 11 is 0. The zero-order valence-electron chi connectivity index (χ0n) is 5.99. The maximum absolute atomic E-state index is 13.2. The van der Waals surface area contributed by atoms with Crippen molar-refractivity contribution in [1.29, 1.82) is 0 Å². The molecule has 2 rings (SSSR count). The molecule has 0 saturated carbocycles. The lowest BCUT2D eigenvalue weighted by Gasteiger charge is -2.24. The van der Waals surface area contributed by atoms with Crippen LogP contribution in [-0.4, -0.2) is 31.3 Å². The first-order valence-corrected chi connectivity index (χ1v) is 3.93. The number of hydrogen-bond acceptors (Lipinski definition) is 2. The van der Waals surface area contributed by atoms with E-state index in [1.165, 1.54) is 0 Å². The quantitative estimate of drug-likeness (QED) is 0.502. The Morgan fingerprint density at radius 3 is 2.80 bits per heavy atom. The molecule has 0 aromatic rings. The van der Waals surface area contributed by atoms with Gasteiger partial charge in [-0.2, -0.15) is 0 Å². The highest BCUT2D eigenvalue weighted by Crippen LogP contribution is 2.28. The smallest absolute Gasteiger partial charge is 0.121 e. The minimum atomic E-state index is -0.623. The molecule has 2 N–H and O–H groups in total. The fraction of sp³-hybridized carbons (Fsp3) is 1.00. The van der Waals surface area contributed by atoms with Gasteiger partial charge in [0.2, 0.25) is 0 Å². The van der Waals surface area contributed by atoms with Gasteiger partial charge in [0.25, 0.3) is 0 Å². The van der Waals surface area contributed by atoms with Crippen LogP contribution in [0.2, 0.25) is 0 Å². The van der Waals surface area contributed by atoms with E-state index in [0.29, 0.717) is 6.42 Å². The molecule has 1 spiro atoms. The summed E-state index contributed by atoms with van der Waals surface area (Å²) in [5.41, 5.74) is -0.181. The van der Waals surface area contributed by atoms with Gasteiger partial charge in [-0.25, -0.2) is 4.39 Å². The Morgan fingerprint density at radius 1 is 1.40 bits per heavy atom. The van der Waals surface area contributed by atoms with Crippen molar-refractivity contribution in [2.75, 3.05) is 19.6 Å². The van der Waals surface area contributed by atoms with Crippen molar-refractivity contribution in [3.8, 4) is 0 Å². The molecule has 0 aromatic heterocycles. The molecule has 2 atom stereocenters. The van der Waals surface area contributed by atoms with E-state index in [1.807, 2.05) is 0 Å². The first-order valence-electron chi connectivity index (χ1n) is 3.93. The second-order valence-electron chi connectivity index (χ2n) is 3.27. The van der Waals surface area contributed by atoms with Crippen molar-refractivity contribution in [1.82, 2.24) is 10.6 Å². The summed E-state index contributed by atoms with van der Waals surface area (Å²) in [7, 11) is 0. The standard InChI is InChI=1S/C7H13FN2/c8-6-1-3-10-7(6)2-4-9-5-7/h6,9-10H,1-5H2. The third kappa shape index (κ3) is 0.772. The van der Waals surface area contributed by atoms with Crippen LogP contribution in [0.25, 0.3) is 0 Å². The monoisotopic (exact) mass is 144 g/mol. The van der Waals surface area contributed by atoms with E-state index in [1.54, 1.807) is 0 Å². The van der Waals surface area contributed by atoms with Gasteiger partial charge in [0.05, 0.1) is 5.54 Å². The Hall–Kier alpha value is -0.150. The van der Waals surface area contributed by atoms with Crippen molar-refractivity contribution in [3.63, 3.8) is 0 Å². The van der Waals surface area contributed by atoms with Gasteiger partial charge in [0.1, 0.15) is 6.17 Å². The van der Waals surface area contributed by atoms with Crippen molar-refractivity contribution >= 4 is 0 Å². The van der Waals surface area contributed by atoms with Gasteiger partial charge in [0.15, 0.2) is 0 Å². The zero-order chi connectivity index (χ0) is 7.03. The van der Waals surface area contributed by atoms with E-state index < -0.39 is 6.17 Å². The summed E-state index contributed by atoms with van der Waals surface area (Å²) in [6, 6.07) is 0. The first kappa shape index (κ1) is 6.55. The lowest BCUT2D eigenvalue weighted by atomic mass is 9.95. The van der Waals surface area contributed by atoms with Crippen molar-refractivity contribution in [2.24, 2.45) is 0 Å². The molecule has 2 fully saturated rings. The second-order valence-corrected chi connectivity index (χ2v) is 3.27. The van der Waals surface area contributed by atoms with Crippen LogP contribution in [0, 0.1) is 0 Å². The van der Waals surface area contributed by atoms with Crippen LogP contribution in [-0.2, 0) is 0 Å². The Balaban J connectivity index is 2.11. The zero-order valence-corrected chi connectivity index (χ0v) is 5.99. The third-order valence-electron chi connectivity index (χ3n) is 2.66. The van der Waals surface area contributed by atoms with E-state index in [9.17, 15) is 4.39 Å². The van der Waals surface area contributed by atoms with Gasteiger partial charge in [-0.05, 0) is 25.9 Å². The SMILES string of the molecule is FC1CCNC12CCNC2. The number of nitrogens with one attached hydrogen (secondary N) is 2. The maximum atomic E-state index is 13.2. The number of rotatable bonds is 0. The van der Waals surface area contributed by atoms with E-state index in [4.69, 9.17) is 0 Å². The van der Waals surface area contributed by atoms with Gasteiger partial charge in [0, 0.05) is 6.54 Å². The molecule has 0 aromatic carbocycles. The molecule has 2 unspecified atom stereocenters. The number of hydrogen-bond donors (Lipinski definition) is 2. The summed E-state index contributed by atoms with van der Waals surface area (Å²) in [6.07, 6.45) is 1.03. The van der Waals surface area contributed by atoms with Crippen LogP contribution < -0.4 is 10.6 Å². The van der Waals surface area contributed by atoms with Crippen LogP contribution in [0.1, 0.15) is 12.8 Å². The van der Waals surface area contributed by atoms with Crippen molar-refractivity contribution in [2.45, 2.75) is 24.6 Å². The second kappa shape index (κ2) is 2.17. The summed E-state index contributed by atoms with van der Waals surface area (Å²) < 4.78 is 13.2. The molecule has 0 bridgehead atoms. The Bertz CT molecular complexity index is 126. The summed E-state index contributed by atoms with van der Waals surface area (Å²) in [4.78, 5) is 0. The van der Waals surface area contributed by atoms with Gasteiger partial charge in [-0.15, -0.1) is 0 Å². The molecular weight excluding hydrogens is 131 g/mol. The molecule has 0 radical (unpaired) electrons. The average molecular weight is 144 g/mol. The van der Waals surface area contributed by atoms with E-state index in [-0.39, 0.29) is 5.54 Å². The highest BCUT2D eigenvalue weighted by Gasteiger charge is 2.44. The summed E-state index contributed by atoms with van der Waals surface area (Å²) in [5.74, 6) is 0. The van der Waals surface area contributed by atoms with Crippen LogP contribution in [0.4, 0.5) is 4.39 Å². The molecule has 2 nitrogen and oxygen atoms in total. The maximum Gasteiger partial charge on any atom is 0.121 e. The third-order valence-corrected chi connectivity index (χ3v) is 2.66. The number of alkyl halides is 1. The van der Waals surface area contributed by atoms with Crippen molar-refractivity contribution in [3.05, 3.63) is 0 Å². The van der Waals surface area contributed by atoms with Gasteiger partial charge < -0.3 is 10.6 Å². The first-order chi connectivity index (χ1) is 4.83. The highest BCUT2D eigenvalue weighted by molar-refractivity contribution is 5.05. The topological polar surface area (TPSA) is 24.1 Å². The Morgan fingerprint density at radius 2 is 2.30 bits per heavy atom. The molecule has 0 amide bonds. The van der Waals surface area contributed by atoms with Gasteiger partial charge >= 0.3 is 0 Å². The van der Waals surface area contributed by atoms with Gasteiger partial charge in [-0.1, -0.05) is 0 Å². The fourth-order valence-corrected chi connectivity index (χ4v) is 1.96. The van der Waals surface area contributed by atoms with E-state index in [0.717, 1.165) is 26.1 Å². The predicted molar refractivity (Wildman–Crippen MR) is 37.7 cm³/mol. The number of halogens is 1. The molecule has 0 aliphatic carbocycles. The van der Waals surface area contributed by atoms with Crippen LogP contribution in [0.15, 0.2) is 0 Å². The summed E-state index contributed by atoms with van der Waals surface area (Å²) in [6.45, 7) is 2.63. The lowest BCUT2D eigenvalue weighted by molar-refractivity contribution is 0.218. The van der Waals surface area contributed by atoms with Crippen molar-refractivity contribution < 1.29 is 4.39 Å². The molecule has 10 heavy (non-hydrogen) atoms. The Kier molecular flexibility index (Phi) is 1.42. The summed E-state index contributed by atoms with van der Waals surface area (Å²) in [5, 5.41) is 6.43. The van der Waals surface area contributed by atoms with E-state index >= 15 is 0 Å².